The Morgan fingerprint density at radius 3 is 2.83 bits per heavy atom. The van der Waals surface area contributed by atoms with E-state index < -0.39 is 11.2 Å². The van der Waals surface area contributed by atoms with E-state index in [9.17, 15) is 14.7 Å². The molecule has 1 atom stereocenters. The fraction of sp³-hybridized carbons (Fsp3) is 0.412. The van der Waals surface area contributed by atoms with Crippen molar-refractivity contribution >= 4 is 5.91 Å². The monoisotopic (exact) mass is 329 g/mol. The van der Waals surface area contributed by atoms with Gasteiger partial charge >= 0.3 is 0 Å². The molecule has 0 aromatic carbocycles. The lowest BCUT2D eigenvalue weighted by Gasteiger charge is -2.41. The molecule has 7 heteroatoms. The summed E-state index contributed by atoms with van der Waals surface area (Å²) in [5, 5.41) is 10.0. The van der Waals surface area contributed by atoms with Gasteiger partial charge in [-0.15, -0.1) is 0 Å². The molecule has 2 aliphatic heterocycles. The average molecular weight is 329 g/mol. The van der Waals surface area contributed by atoms with Crippen molar-refractivity contribution in [1.29, 1.82) is 0 Å². The molecule has 1 amide bonds. The molecular weight excluding hydrogens is 310 g/mol. The molecule has 1 fully saturated rings. The molecule has 2 aromatic heterocycles. The van der Waals surface area contributed by atoms with Crippen molar-refractivity contribution < 1.29 is 14.3 Å². The van der Waals surface area contributed by atoms with Gasteiger partial charge in [0.1, 0.15) is 11.9 Å². The fourth-order valence-corrected chi connectivity index (χ4v) is 3.58. The maximum absolute atomic E-state index is 12.9. The molecule has 2 aromatic rings. The van der Waals surface area contributed by atoms with E-state index in [2.05, 4.69) is 4.90 Å². The summed E-state index contributed by atoms with van der Waals surface area (Å²) in [6.07, 6.45) is 5.01. The number of hydrogen-bond acceptors (Lipinski definition) is 5. The lowest BCUT2D eigenvalue weighted by Crippen LogP contribution is -2.55. The minimum absolute atomic E-state index is 0.0959. The lowest BCUT2D eigenvalue weighted by atomic mass is 10.1. The summed E-state index contributed by atoms with van der Waals surface area (Å²) in [5.74, 6) is 0.119. The molecule has 0 spiro atoms. The second-order valence-electron chi connectivity index (χ2n) is 6.27. The number of carbonyl (C=O) groups excluding carboxylic acids is 1. The average Bonchev–Trinajstić information content (AvgIpc) is 3.00. The Labute approximate surface area is 138 Å². The highest BCUT2D eigenvalue weighted by atomic mass is 16.3. The van der Waals surface area contributed by atoms with Crippen molar-refractivity contribution in [3.05, 3.63) is 52.3 Å². The minimum atomic E-state index is -0.518. The summed E-state index contributed by atoms with van der Waals surface area (Å²) in [5.41, 5.74) is -0.422. The molecule has 0 aliphatic carbocycles. The van der Waals surface area contributed by atoms with E-state index in [1.54, 1.807) is 21.9 Å². The highest BCUT2D eigenvalue weighted by molar-refractivity contribution is 5.96. The number of rotatable bonds is 2. The molecule has 1 saturated heterocycles. The number of pyridine rings is 1. The van der Waals surface area contributed by atoms with Crippen LogP contribution in [0.25, 0.3) is 0 Å². The predicted octanol–water partition coefficient (Wildman–Crippen LogP) is 1.22. The highest BCUT2D eigenvalue weighted by Gasteiger charge is 2.38. The fourth-order valence-electron chi connectivity index (χ4n) is 3.58. The van der Waals surface area contributed by atoms with Gasteiger partial charge in [-0.05, 0) is 25.0 Å². The second kappa shape index (κ2) is 5.83. The number of aromatic nitrogens is 1. The summed E-state index contributed by atoms with van der Waals surface area (Å²) in [6, 6.07) is 5.08. The van der Waals surface area contributed by atoms with Gasteiger partial charge in [-0.25, -0.2) is 0 Å². The number of furan rings is 1. The number of hydrogen-bond donors (Lipinski definition) is 1. The van der Waals surface area contributed by atoms with Crippen LogP contribution in [0.4, 0.5) is 0 Å². The quantitative estimate of drug-likeness (QED) is 0.896. The van der Waals surface area contributed by atoms with Crippen LogP contribution in [-0.4, -0.2) is 44.6 Å². The molecular formula is C17H19N3O4. The molecule has 1 N–H and O–H groups in total. The van der Waals surface area contributed by atoms with Gasteiger partial charge in [0.15, 0.2) is 11.4 Å². The van der Waals surface area contributed by atoms with Gasteiger partial charge in [-0.2, -0.15) is 0 Å². The Balaban J connectivity index is 1.72. The van der Waals surface area contributed by atoms with Crippen molar-refractivity contribution in [3.8, 4) is 5.75 Å². The zero-order valence-electron chi connectivity index (χ0n) is 13.2. The highest BCUT2D eigenvalue weighted by Crippen LogP contribution is 2.27. The molecule has 24 heavy (non-hydrogen) atoms. The molecule has 0 saturated carbocycles. The first-order valence-corrected chi connectivity index (χ1v) is 8.15. The third-order valence-electron chi connectivity index (χ3n) is 4.79. The molecule has 126 valence electrons. The predicted molar refractivity (Wildman–Crippen MR) is 85.5 cm³/mol. The Bertz CT molecular complexity index is 812. The molecule has 4 rings (SSSR count). The summed E-state index contributed by atoms with van der Waals surface area (Å²) in [7, 11) is 0. The van der Waals surface area contributed by atoms with E-state index in [1.165, 1.54) is 6.07 Å². The lowest BCUT2D eigenvalue weighted by molar-refractivity contribution is 0.0170. The number of nitrogens with zero attached hydrogens (tertiary/aromatic N) is 3. The van der Waals surface area contributed by atoms with Crippen LogP contribution in [0.1, 0.15) is 29.1 Å². The summed E-state index contributed by atoms with van der Waals surface area (Å²) >= 11 is 0. The molecule has 7 nitrogen and oxygen atoms in total. The van der Waals surface area contributed by atoms with Crippen molar-refractivity contribution in [3.63, 3.8) is 0 Å². The summed E-state index contributed by atoms with van der Waals surface area (Å²) in [6.45, 7) is 2.65. The summed E-state index contributed by atoms with van der Waals surface area (Å²) < 4.78 is 7.14. The van der Waals surface area contributed by atoms with Crippen molar-refractivity contribution in [2.24, 2.45) is 0 Å². The number of amides is 1. The first-order chi connectivity index (χ1) is 11.6. The Morgan fingerprint density at radius 1 is 1.21 bits per heavy atom. The van der Waals surface area contributed by atoms with Crippen molar-refractivity contribution in [2.45, 2.75) is 32.1 Å². The molecule has 4 heterocycles. The first-order valence-electron chi connectivity index (χ1n) is 8.15. The van der Waals surface area contributed by atoms with Gasteiger partial charge in [0.05, 0.1) is 19.4 Å². The Morgan fingerprint density at radius 2 is 2.04 bits per heavy atom. The van der Waals surface area contributed by atoms with Gasteiger partial charge in [0.25, 0.3) is 5.91 Å². The normalized spacial score (nSPS) is 21.2. The largest absolute Gasteiger partial charge is 0.503 e. The van der Waals surface area contributed by atoms with E-state index >= 15 is 0 Å². The molecule has 0 radical (unpaired) electrons. The second-order valence-corrected chi connectivity index (χ2v) is 6.27. The smallest absolute Gasteiger partial charge is 0.275 e. The number of fused-ring (bicyclic) bond motifs is 2. The zero-order valence-corrected chi connectivity index (χ0v) is 13.2. The maximum atomic E-state index is 12.9. The van der Waals surface area contributed by atoms with Gasteiger partial charge in [0, 0.05) is 25.4 Å². The van der Waals surface area contributed by atoms with Crippen molar-refractivity contribution in [1.82, 2.24) is 14.4 Å². The third-order valence-corrected chi connectivity index (χ3v) is 4.79. The maximum Gasteiger partial charge on any atom is 0.275 e. The van der Waals surface area contributed by atoms with Crippen LogP contribution in [0, 0.1) is 0 Å². The van der Waals surface area contributed by atoms with E-state index in [0.717, 1.165) is 25.1 Å². The van der Waals surface area contributed by atoms with Crippen LogP contribution < -0.4 is 5.43 Å². The molecule has 0 bridgehead atoms. The number of carbonyl (C=O) groups is 1. The Hall–Kier alpha value is -2.54. The van der Waals surface area contributed by atoms with E-state index in [0.29, 0.717) is 19.6 Å². The minimum Gasteiger partial charge on any atom is -0.503 e. The van der Waals surface area contributed by atoms with Gasteiger partial charge in [-0.1, -0.05) is 0 Å². The van der Waals surface area contributed by atoms with E-state index in [1.807, 2.05) is 12.1 Å². The molecule has 2 aliphatic rings. The summed E-state index contributed by atoms with van der Waals surface area (Å²) in [4.78, 5) is 28.6. The molecule has 1 unspecified atom stereocenters. The topological polar surface area (TPSA) is 78.9 Å². The van der Waals surface area contributed by atoms with Gasteiger partial charge in [0.2, 0.25) is 5.43 Å². The van der Waals surface area contributed by atoms with Crippen LogP contribution >= 0.6 is 0 Å². The zero-order chi connectivity index (χ0) is 16.7. The van der Waals surface area contributed by atoms with Gasteiger partial charge < -0.3 is 19.0 Å². The standard InChI is InChI=1S/C17H19N3O4/c21-13-5-8-19-11-14-18(10-12-4-3-9-24-12)6-1-2-7-20(14)17(23)15(19)16(13)22/h3-5,8-9,14,22H,1-2,6-7,10-11H2. The Kier molecular flexibility index (Phi) is 3.65. The van der Waals surface area contributed by atoms with Crippen LogP contribution in [0.2, 0.25) is 0 Å². The van der Waals surface area contributed by atoms with Crippen LogP contribution in [0.3, 0.4) is 0 Å². The number of aromatic hydroxyl groups is 1. The van der Waals surface area contributed by atoms with Gasteiger partial charge in [-0.3, -0.25) is 14.5 Å². The van der Waals surface area contributed by atoms with Crippen LogP contribution in [-0.2, 0) is 13.1 Å². The SMILES string of the molecule is O=C1c2c(O)c(=O)ccn2CC2N(Cc3ccco3)CCCCN12. The van der Waals surface area contributed by atoms with E-state index in [4.69, 9.17) is 4.42 Å². The van der Waals surface area contributed by atoms with E-state index in [-0.39, 0.29) is 17.8 Å². The van der Waals surface area contributed by atoms with Crippen molar-refractivity contribution in [2.75, 3.05) is 13.1 Å². The third kappa shape index (κ3) is 2.41. The van der Waals surface area contributed by atoms with Crippen LogP contribution in [0.5, 0.6) is 5.75 Å². The van der Waals surface area contributed by atoms with Crippen LogP contribution in [0.15, 0.2) is 39.9 Å². The first kappa shape index (κ1) is 15.0.